The average Bonchev–Trinajstić information content (AvgIpc) is 3.05. The van der Waals surface area contributed by atoms with Gasteiger partial charge in [0.1, 0.15) is 0 Å². The maximum Gasteiger partial charge on any atom is 0.253 e. The molecule has 2 heterocycles. The first-order chi connectivity index (χ1) is 21.3. The maximum absolute atomic E-state index is 14.3. The van der Waals surface area contributed by atoms with Crippen molar-refractivity contribution in [3.63, 3.8) is 0 Å². The molecular formula is C36H44N4O4. The number of nitrogens with one attached hydrogen (secondary N) is 3. The van der Waals surface area contributed by atoms with Crippen molar-refractivity contribution in [2.75, 3.05) is 24.7 Å². The van der Waals surface area contributed by atoms with Gasteiger partial charge in [-0.05, 0) is 105 Å². The summed E-state index contributed by atoms with van der Waals surface area (Å²) in [5.74, 6) is -0.579. The standard InChI is InChI=1S/C36H44N4O4/c1-5-33(41)37-21-30-29(25-12-8-7-9-13-25)20-32(40(6-2)26-16-18-44-19-17-26)23(3)34(30)36(43)38-22-31-28-15-11-10-14-27(28)24(4)39-35(31)42/h5,7-9,12-13,20,26H,1,6,10-11,14-19,21-22H2,2-4H3,(H,37,41)(H,38,43)(H,39,42). The lowest BCUT2D eigenvalue weighted by Gasteiger charge is -2.37. The van der Waals surface area contributed by atoms with Gasteiger partial charge in [0.25, 0.3) is 11.5 Å². The first-order valence-corrected chi connectivity index (χ1v) is 15.8. The number of aromatic amines is 1. The monoisotopic (exact) mass is 596 g/mol. The van der Waals surface area contributed by atoms with Gasteiger partial charge in [0.05, 0.1) is 0 Å². The van der Waals surface area contributed by atoms with Gasteiger partial charge >= 0.3 is 0 Å². The quantitative estimate of drug-likeness (QED) is 0.277. The molecule has 0 saturated carbocycles. The topological polar surface area (TPSA) is 104 Å². The Bertz CT molecular complexity index is 1590. The van der Waals surface area contributed by atoms with Crippen molar-refractivity contribution in [2.24, 2.45) is 0 Å². The largest absolute Gasteiger partial charge is 0.381 e. The molecule has 3 aromatic rings. The summed E-state index contributed by atoms with van der Waals surface area (Å²) in [6, 6.07) is 12.4. The average molecular weight is 597 g/mol. The summed E-state index contributed by atoms with van der Waals surface area (Å²) in [6.45, 7) is 12.2. The van der Waals surface area contributed by atoms with Crippen LogP contribution >= 0.6 is 0 Å². The van der Waals surface area contributed by atoms with E-state index in [1.807, 2.05) is 44.2 Å². The van der Waals surface area contributed by atoms with Gasteiger partial charge in [0, 0.05) is 61.4 Å². The van der Waals surface area contributed by atoms with E-state index in [9.17, 15) is 14.4 Å². The number of carbonyl (C=O) groups excluding carboxylic acids is 2. The van der Waals surface area contributed by atoms with Gasteiger partial charge in [-0.25, -0.2) is 0 Å². The van der Waals surface area contributed by atoms with Crippen LogP contribution in [0.5, 0.6) is 0 Å². The van der Waals surface area contributed by atoms with Crippen LogP contribution in [0.4, 0.5) is 5.69 Å². The molecule has 0 unspecified atom stereocenters. The van der Waals surface area contributed by atoms with Crippen molar-refractivity contribution in [1.82, 2.24) is 15.6 Å². The van der Waals surface area contributed by atoms with Gasteiger partial charge in [-0.3, -0.25) is 14.4 Å². The molecule has 1 saturated heterocycles. The molecule has 5 rings (SSSR count). The minimum atomic E-state index is -0.313. The summed E-state index contributed by atoms with van der Waals surface area (Å²) in [4.78, 5) is 45.2. The molecule has 0 spiro atoms. The summed E-state index contributed by atoms with van der Waals surface area (Å²) in [6.07, 6.45) is 6.97. The number of nitrogens with zero attached hydrogens (tertiary/aromatic N) is 1. The van der Waals surface area contributed by atoms with Crippen molar-refractivity contribution < 1.29 is 14.3 Å². The van der Waals surface area contributed by atoms with Crippen LogP contribution in [-0.4, -0.2) is 42.6 Å². The number of ether oxygens (including phenoxy) is 1. The zero-order chi connectivity index (χ0) is 31.2. The Morgan fingerprint density at radius 2 is 1.70 bits per heavy atom. The van der Waals surface area contributed by atoms with E-state index >= 15 is 0 Å². The van der Waals surface area contributed by atoms with Gasteiger partial charge in [0.15, 0.2) is 0 Å². The number of hydrogen-bond acceptors (Lipinski definition) is 5. The fraction of sp³-hybridized carbons (Fsp3) is 0.417. The lowest BCUT2D eigenvalue weighted by atomic mass is 9.87. The first-order valence-electron chi connectivity index (χ1n) is 15.8. The lowest BCUT2D eigenvalue weighted by Crippen LogP contribution is -2.40. The third-order valence-corrected chi connectivity index (χ3v) is 9.17. The predicted octanol–water partition coefficient (Wildman–Crippen LogP) is 5.28. The molecular weight excluding hydrogens is 552 g/mol. The van der Waals surface area contributed by atoms with Crippen LogP contribution in [0, 0.1) is 13.8 Å². The van der Waals surface area contributed by atoms with Crippen molar-refractivity contribution >= 4 is 17.5 Å². The van der Waals surface area contributed by atoms with E-state index < -0.39 is 0 Å². The number of aryl methyl sites for hydroxylation is 1. The SMILES string of the molecule is C=CC(=O)NCc1c(-c2ccccc2)cc(N(CC)C2CCOCC2)c(C)c1C(=O)NCc1c2c(c(C)[nH]c1=O)CCCC2. The van der Waals surface area contributed by atoms with Crippen molar-refractivity contribution in [3.8, 4) is 11.1 Å². The van der Waals surface area contributed by atoms with Gasteiger partial charge in [0.2, 0.25) is 5.91 Å². The highest BCUT2D eigenvalue weighted by Crippen LogP contribution is 2.37. The van der Waals surface area contributed by atoms with E-state index in [4.69, 9.17) is 4.74 Å². The number of amides is 2. The fourth-order valence-electron chi connectivity index (χ4n) is 6.91. The Balaban J connectivity index is 1.62. The highest BCUT2D eigenvalue weighted by Gasteiger charge is 2.28. The lowest BCUT2D eigenvalue weighted by molar-refractivity contribution is -0.116. The summed E-state index contributed by atoms with van der Waals surface area (Å²) in [7, 11) is 0. The predicted molar refractivity (Wildman–Crippen MR) is 175 cm³/mol. The van der Waals surface area contributed by atoms with Gasteiger partial charge < -0.3 is 25.3 Å². The summed E-state index contributed by atoms with van der Waals surface area (Å²) >= 11 is 0. The zero-order valence-electron chi connectivity index (χ0n) is 26.2. The maximum atomic E-state index is 14.3. The van der Waals surface area contributed by atoms with Gasteiger partial charge in [-0.2, -0.15) is 0 Å². The molecule has 1 fully saturated rings. The Labute approximate surface area is 259 Å². The minimum absolute atomic E-state index is 0.136. The molecule has 8 heteroatoms. The number of fused-ring (bicyclic) bond motifs is 1. The number of H-pyrrole nitrogens is 1. The molecule has 2 aromatic carbocycles. The Kier molecular flexibility index (Phi) is 10.0. The van der Waals surface area contributed by atoms with Crippen LogP contribution in [0.15, 0.2) is 53.8 Å². The summed E-state index contributed by atoms with van der Waals surface area (Å²) < 4.78 is 5.66. The molecule has 1 aliphatic carbocycles. The van der Waals surface area contributed by atoms with Crippen LogP contribution in [0.25, 0.3) is 11.1 Å². The Morgan fingerprint density at radius 3 is 2.39 bits per heavy atom. The third kappa shape index (κ3) is 6.50. The first kappa shape index (κ1) is 31.3. The van der Waals surface area contributed by atoms with Crippen LogP contribution < -0.4 is 21.1 Å². The van der Waals surface area contributed by atoms with Crippen LogP contribution in [0.1, 0.15) is 76.5 Å². The van der Waals surface area contributed by atoms with E-state index in [1.54, 1.807) is 0 Å². The highest BCUT2D eigenvalue weighted by molar-refractivity contribution is 6.01. The number of pyridine rings is 1. The number of rotatable bonds is 10. The fourth-order valence-corrected chi connectivity index (χ4v) is 6.91. The minimum Gasteiger partial charge on any atom is -0.381 e. The molecule has 3 N–H and O–H groups in total. The molecule has 44 heavy (non-hydrogen) atoms. The molecule has 0 atom stereocenters. The molecule has 2 aliphatic rings. The van der Waals surface area contributed by atoms with Gasteiger partial charge in [-0.1, -0.05) is 36.9 Å². The second-order valence-electron chi connectivity index (χ2n) is 11.7. The number of benzene rings is 2. The molecule has 232 valence electrons. The molecule has 1 aliphatic heterocycles. The summed E-state index contributed by atoms with van der Waals surface area (Å²) in [5, 5.41) is 6.04. The second kappa shape index (κ2) is 14.1. The van der Waals surface area contributed by atoms with Crippen molar-refractivity contribution in [3.05, 3.63) is 98.5 Å². The molecule has 8 nitrogen and oxygen atoms in total. The van der Waals surface area contributed by atoms with Crippen LogP contribution in [0.2, 0.25) is 0 Å². The molecule has 1 aromatic heterocycles. The molecule has 0 radical (unpaired) electrons. The number of hydrogen-bond donors (Lipinski definition) is 3. The van der Waals surface area contributed by atoms with E-state index in [0.717, 1.165) is 84.3 Å². The smallest absolute Gasteiger partial charge is 0.253 e. The summed E-state index contributed by atoms with van der Waals surface area (Å²) in [5.41, 5.74) is 8.62. The van der Waals surface area contributed by atoms with Crippen molar-refractivity contribution in [2.45, 2.75) is 78.4 Å². The number of carbonyl (C=O) groups is 2. The zero-order valence-corrected chi connectivity index (χ0v) is 26.2. The number of aromatic nitrogens is 1. The van der Waals surface area contributed by atoms with E-state index in [-0.39, 0.29) is 36.5 Å². The molecule has 0 bridgehead atoms. The Hall–Kier alpha value is -4.17. The Morgan fingerprint density at radius 1 is 1.02 bits per heavy atom. The molecule has 2 amide bonds. The number of anilines is 1. The van der Waals surface area contributed by atoms with Crippen LogP contribution in [-0.2, 0) is 35.5 Å². The van der Waals surface area contributed by atoms with E-state index in [0.29, 0.717) is 24.3 Å². The van der Waals surface area contributed by atoms with Crippen LogP contribution in [0.3, 0.4) is 0 Å². The highest BCUT2D eigenvalue weighted by atomic mass is 16.5. The van der Waals surface area contributed by atoms with E-state index in [1.165, 1.54) is 11.6 Å². The normalized spacial score (nSPS) is 14.9. The van der Waals surface area contributed by atoms with Crippen molar-refractivity contribution in [1.29, 1.82) is 0 Å². The second-order valence-corrected chi connectivity index (χ2v) is 11.7. The third-order valence-electron chi connectivity index (χ3n) is 9.17. The van der Waals surface area contributed by atoms with Gasteiger partial charge in [-0.15, -0.1) is 0 Å². The van der Waals surface area contributed by atoms with E-state index in [2.05, 4.69) is 40.1 Å².